The molecule has 2 aromatic rings. The van der Waals surface area contributed by atoms with Crippen molar-refractivity contribution < 1.29 is 9.53 Å². The smallest absolute Gasteiger partial charge is 0.277 e. The average Bonchev–Trinajstić information content (AvgIpc) is 2.98. The maximum Gasteiger partial charge on any atom is 0.277 e. The van der Waals surface area contributed by atoms with Crippen LogP contribution in [0.1, 0.15) is 37.6 Å². The first-order chi connectivity index (χ1) is 10.9. The number of nitrogens with zero attached hydrogens (tertiary/aromatic N) is 1. The van der Waals surface area contributed by atoms with Crippen molar-refractivity contribution >= 4 is 12.1 Å². The molecule has 0 fully saturated rings. The number of H-pyrrole nitrogens is 1. The van der Waals surface area contributed by atoms with Gasteiger partial charge in [0, 0.05) is 6.20 Å². The van der Waals surface area contributed by atoms with Gasteiger partial charge in [-0.2, -0.15) is 5.10 Å². The summed E-state index contributed by atoms with van der Waals surface area (Å²) in [5.74, 6) is 0.472. The quantitative estimate of drug-likeness (QED) is 0.658. The first-order valence-corrected chi connectivity index (χ1v) is 7.56. The molecular formula is C18H23N3O2. The molecule has 0 saturated carbocycles. The van der Waals surface area contributed by atoms with Crippen molar-refractivity contribution in [1.82, 2.24) is 10.4 Å². The Morgan fingerprint density at radius 3 is 2.74 bits per heavy atom. The number of ether oxygens (including phenoxy) is 1. The number of hydrogen-bond donors (Lipinski definition) is 2. The van der Waals surface area contributed by atoms with Gasteiger partial charge in [-0.25, -0.2) is 5.43 Å². The number of amides is 1. The molecule has 0 saturated heterocycles. The number of aromatic amines is 1. The number of carbonyl (C=O) groups excluding carboxylic acids is 1. The van der Waals surface area contributed by atoms with Gasteiger partial charge in [-0.15, -0.1) is 0 Å². The lowest BCUT2D eigenvalue weighted by molar-refractivity contribution is -0.123. The highest BCUT2D eigenvalue weighted by atomic mass is 16.5. The molecule has 1 aromatic heterocycles. The van der Waals surface area contributed by atoms with Gasteiger partial charge in [0.1, 0.15) is 5.75 Å². The third-order valence-electron chi connectivity index (χ3n) is 3.38. The molecule has 1 aromatic carbocycles. The van der Waals surface area contributed by atoms with E-state index in [1.54, 1.807) is 12.4 Å². The van der Waals surface area contributed by atoms with Crippen LogP contribution in [-0.4, -0.2) is 23.7 Å². The molecule has 0 bridgehead atoms. The SMILES string of the molecule is Cc1cccc(C(C)(C)C)c1OCC(=O)N/N=C/c1ccc[nH]1. The topological polar surface area (TPSA) is 66.5 Å². The fourth-order valence-corrected chi connectivity index (χ4v) is 2.20. The lowest BCUT2D eigenvalue weighted by Gasteiger charge is -2.23. The molecule has 2 N–H and O–H groups in total. The standard InChI is InChI=1S/C18H23N3O2/c1-13-7-5-9-15(18(2,3)4)17(13)23-12-16(22)21-20-11-14-8-6-10-19-14/h5-11,19H,12H2,1-4H3,(H,21,22)/b20-11+. The van der Waals surface area contributed by atoms with Gasteiger partial charge >= 0.3 is 0 Å². The van der Waals surface area contributed by atoms with Crippen LogP contribution in [0.5, 0.6) is 5.75 Å². The number of rotatable bonds is 5. The van der Waals surface area contributed by atoms with Crippen molar-refractivity contribution in [1.29, 1.82) is 0 Å². The zero-order valence-corrected chi connectivity index (χ0v) is 14.0. The highest BCUT2D eigenvalue weighted by Gasteiger charge is 2.20. The highest BCUT2D eigenvalue weighted by molar-refractivity contribution is 5.81. The second kappa shape index (κ2) is 7.13. The molecule has 0 radical (unpaired) electrons. The van der Waals surface area contributed by atoms with Crippen molar-refractivity contribution in [3.05, 3.63) is 53.3 Å². The minimum Gasteiger partial charge on any atom is -0.483 e. The van der Waals surface area contributed by atoms with Crippen LogP contribution in [0, 0.1) is 6.92 Å². The minimum atomic E-state index is -0.295. The molecular weight excluding hydrogens is 290 g/mol. The van der Waals surface area contributed by atoms with E-state index >= 15 is 0 Å². The number of hydrazone groups is 1. The molecule has 23 heavy (non-hydrogen) atoms. The zero-order chi connectivity index (χ0) is 16.9. The van der Waals surface area contributed by atoms with Crippen LogP contribution in [0.4, 0.5) is 0 Å². The third kappa shape index (κ3) is 4.71. The Bertz CT molecular complexity index is 683. The Hall–Kier alpha value is -2.56. The Labute approximate surface area is 136 Å². The summed E-state index contributed by atoms with van der Waals surface area (Å²) in [5, 5.41) is 3.88. The van der Waals surface area contributed by atoms with Crippen molar-refractivity contribution in [2.75, 3.05) is 6.61 Å². The largest absolute Gasteiger partial charge is 0.483 e. The molecule has 0 atom stereocenters. The Balaban J connectivity index is 1.97. The summed E-state index contributed by atoms with van der Waals surface area (Å²) in [5.41, 5.74) is 5.32. The van der Waals surface area contributed by atoms with Gasteiger partial charge in [-0.1, -0.05) is 39.0 Å². The molecule has 1 heterocycles. The molecule has 0 aliphatic heterocycles. The van der Waals surface area contributed by atoms with Crippen molar-refractivity contribution in [2.24, 2.45) is 5.10 Å². The minimum absolute atomic E-state index is 0.0520. The summed E-state index contributed by atoms with van der Waals surface area (Å²) < 4.78 is 5.75. The van der Waals surface area contributed by atoms with Gasteiger partial charge in [0.15, 0.2) is 6.61 Å². The maximum absolute atomic E-state index is 11.9. The molecule has 0 aliphatic rings. The van der Waals surface area contributed by atoms with Crippen molar-refractivity contribution in [2.45, 2.75) is 33.1 Å². The number of hydrogen-bond acceptors (Lipinski definition) is 3. The van der Waals surface area contributed by atoms with E-state index < -0.39 is 0 Å². The van der Waals surface area contributed by atoms with E-state index in [0.29, 0.717) is 0 Å². The molecule has 0 unspecified atom stereocenters. The summed E-state index contributed by atoms with van der Waals surface area (Å²) in [6.45, 7) is 8.27. The summed E-state index contributed by atoms with van der Waals surface area (Å²) in [4.78, 5) is 14.8. The van der Waals surface area contributed by atoms with Gasteiger partial charge < -0.3 is 9.72 Å². The van der Waals surface area contributed by atoms with Crippen LogP contribution >= 0.6 is 0 Å². The molecule has 0 spiro atoms. The van der Waals surface area contributed by atoms with Gasteiger partial charge in [-0.3, -0.25) is 4.79 Å². The molecule has 0 aliphatic carbocycles. The number of aryl methyl sites for hydroxylation is 1. The van der Waals surface area contributed by atoms with Crippen LogP contribution in [0.3, 0.4) is 0 Å². The first-order valence-electron chi connectivity index (χ1n) is 7.56. The second-order valence-electron chi connectivity index (χ2n) is 6.41. The average molecular weight is 313 g/mol. The summed E-state index contributed by atoms with van der Waals surface area (Å²) in [7, 11) is 0. The molecule has 1 amide bonds. The van der Waals surface area contributed by atoms with E-state index in [2.05, 4.69) is 36.3 Å². The number of para-hydroxylation sites is 1. The van der Waals surface area contributed by atoms with E-state index in [4.69, 9.17) is 4.74 Å². The van der Waals surface area contributed by atoms with Crippen LogP contribution in [0.25, 0.3) is 0 Å². The first kappa shape index (κ1) is 16.8. The number of nitrogens with one attached hydrogen (secondary N) is 2. The third-order valence-corrected chi connectivity index (χ3v) is 3.38. The number of carbonyl (C=O) groups is 1. The molecule has 5 heteroatoms. The van der Waals surface area contributed by atoms with E-state index in [9.17, 15) is 4.79 Å². The van der Waals surface area contributed by atoms with Gasteiger partial charge in [-0.05, 0) is 35.6 Å². The highest BCUT2D eigenvalue weighted by Crippen LogP contribution is 2.33. The fraction of sp³-hybridized carbons (Fsp3) is 0.333. The van der Waals surface area contributed by atoms with Gasteiger partial charge in [0.2, 0.25) is 0 Å². The van der Waals surface area contributed by atoms with Gasteiger partial charge in [0.05, 0.1) is 11.9 Å². The van der Waals surface area contributed by atoms with Gasteiger partial charge in [0.25, 0.3) is 5.91 Å². The number of aromatic nitrogens is 1. The van der Waals surface area contributed by atoms with Crippen LogP contribution in [0.2, 0.25) is 0 Å². The van der Waals surface area contributed by atoms with E-state index in [1.807, 2.05) is 37.3 Å². The predicted molar refractivity (Wildman–Crippen MR) is 91.9 cm³/mol. The van der Waals surface area contributed by atoms with Crippen molar-refractivity contribution in [3.63, 3.8) is 0 Å². The fourth-order valence-electron chi connectivity index (χ4n) is 2.20. The Morgan fingerprint density at radius 1 is 1.30 bits per heavy atom. The lowest BCUT2D eigenvalue weighted by Crippen LogP contribution is -2.26. The Morgan fingerprint density at radius 2 is 2.09 bits per heavy atom. The van der Waals surface area contributed by atoms with Crippen LogP contribution in [0.15, 0.2) is 41.6 Å². The van der Waals surface area contributed by atoms with Crippen molar-refractivity contribution in [3.8, 4) is 5.75 Å². The van der Waals surface area contributed by atoms with Crippen LogP contribution < -0.4 is 10.2 Å². The molecule has 122 valence electrons. The summed E-state index contributed by atoms with van der Waals surface area (Å²) >= 11 is 0. The Kier molecular flexibility index (Phi) is 5.21. The monoisotopic (exact) mass is 313 g/mol. The van der Waals surface area contributed by atoms with E-state index in [-0.39, 0.29) is 17.9 Å². The lowest BCUT2D eigenvalue weighted by atomic mass is 9.85. The summed E-state index contributed by atoms with van der Waals surface area (Å²) in [6, 6.07) is 9.73. The molecule has 2 rings (SSSR count). The molecule has 5 nitrogen and oxygen atoms in total. The predicted octanol–water partition coefficient (Wildman–Crippen LogP) is 3.15. The van der Waals surface area contributed by atoms with E-state index in [1.165, 1.54) is 0 Å². The number of benzene rings is 1. The van der Waals surface area contributed by atoms with Crippen LogP contribution in [-0.2, 0) is 10.2 Å². The maximum atomic E-state index is 11.9. The zero-order valence-electron chi connectivity index (χ0n) is 14.0. The second-order valence-corrected chi connectivity index (χ2v) is 6.41. The summed E-state index contributed by atoms with van der Waals surface area (Å²) in [6.07, 6.45) is 3.34. The normalized spacial score (nSPS) is 11.7. The van der Waals surface area contributed by atoms with E-state index in [0.717, 1.165) is 22.6 Å².